The van der Waals surface area contributed by atoms with E-state index in [1.807, 2.05) is 6.92 Å². The SMILES string of the molecule is Cc1[nH]cc(Br)c1C=O. The highest BCUT2D eigenvalue weighted by atomic mass is 79.9. The smallest absolute Gasteiger partial charge is 0.152 e. The number of aldehydes is 1. The molecule has 1 aromatic rings. The first-order valence-electron chi connectivity index (χ1n) is 2.54. The highest BCUT2D eigenvalue weighted by Crippen LogP contribution is 2.16. The van der Waals surface area contributed by atoms with Gasteiger partial charge in [-0.15, -0.1) is 0 Å². The Kier molecular flexibility index (Phi) is 1.71. The van der Waals surface area contributed by atoms with Gasteiger partial charge in [0.15, 0.2) is 6.29 Å². The van der Waals surface area contributed by atoms with Crippen LogP contribution in [0.4, 0.5) is 0 Å². The van der Waals surface area contributed by atoms with Gasteiger partial charge in [-0.1, -0.05) is 0 Å². The average Bonchev–Trinajstić information content (AvgIpc) is 2.12. The van der Waals surface area contributed by atoms with Gasteiger partial charge in [0.2, 0.25) is 0 Å². The van der Waals surface area contributed by atoms with Crippen LogP contribution in [0.25, 0.3) is 0 Å². The number of hydrogen-bond acceptors (Lipinski definition) is 1. The lowest BCUT2D eigenvalue weighted by atomic mass is 10.3. The quantitative estimate of drug-likeness (QED) is 0.670. The summed E-state index contributed by atoms with van der Waals surface area (Å²) in [5.74, 6) is 0. The molecule has 0 aliphatic heterocycles. The lowest BCUT2D eigenvalue weighted by Gasteiger charge is -1.84. The van der Waals surface area contributed by atoms with E-state index in [-0.39, 0.29) is 0 Å². The molecule has 48 valence electrons. The first-order valence-corrected chi connectivity index (χ1v) is 3.33. The van der Waals surface area contributed by atoms with Crippen molar-refractivity contribution in [2.24, 2.45) is 0 Å². The van der Waals surface area contributed by atoms with Gasteiger partial charge in [0.05, 0.1) is 0 Å². The minimum absolute atomic E-state index is 0.704. The molecule has 0 amide bonds. The third-order valence-electron chi connectivity index (χ3n) is 1.19. The minimum atomic E-state index is 0.704. The summed E-state index contributed by atoms with van der Waals surface area (Å²) in [6.45, 7) is 1.86. The molecule has 2 nitrogen and oxygen atoms in total. The summed E-state index contributed by atoms with van der Waals surface area (Å²) in [5.41, 5.74) is 1.60. The number of carbonyl (C=O) groups excluding carboxylic acids is 1. The van der Waals surface area contributed by atoms with E-state index < -0.39 is 0 Å². The van der Waals surface area contributed by atoms with Crippen LogP contribution in [-0.4, -0.2) is 11.3 Å². The largest absolute Gasteiger partial charge is 0.364 e. The number of nitrogens with one attached hydrogen (secondary N) is 1. The minimum Gasteiger partial charge on any atom is -0.364 e. The highest BCUT2D eigenvalue weighted by Gasteiger charge is 2.01. The Morgan fingerprint density at radius 1 is 1.78 bits per heavy atom. The Hall–Kier alpha value is -0.570. The lowest BCUT2D eigenvalue weighted by Crippen LogP contribution is -1.79. The molecule has 1 N–H and O–H groups in total. The zero-order valence-corrected chi connectivity index (χ0v) is 6.53. The van der Waals surface area contributed by atoms with Gasteiger partial charge in [-0.2, -0.15) is 0 Å². The molecule has 1 aromatic heterocycles. The van der Waals surface area contributed by atoms with Crippen molar-refractivity contribution in [3.8, 4) is 0 Å². The number of aromatic amines is 1. The molecule has 3 heteroatoms. The molecule has 0 bridgehead atoms. The molecule has 0 saturated carbocycles. The lowest BCUT2D eigenvalue weighted by molar-refractivity contribution is 0.112. The molecule has 0 unspecified atom stereocenters. The van der Waals surface area contributed by atoms with Crippen LogP contribution < -0.4 is 0 Å². The molecule has 1 rings (SSSR count). The first kappa shape index (κ1) is 6.55. The molecule has 1 heterocycles. The van der Waals surface area contributed by atoms with Gasteiger partial charge < -0.3 is 4.98 Å². The topological polar surface area (TPSA) is 32.9 Å². The molecular formula is C6H6BrNO. The standard InChI is InChI=1S/C6H6BrNO/c1-4-5(3-9)6(7)2-8-4/h2-3,8H,1H3. The van der Waals surface area contributed by atoms with Crippen molar-refractivity contribution >= 4 is 22.2 Å². The number of halogens is 1. The van der Waals surface area contributed by atoms with E-state index in [0.29, 0.717) is 5.56 Å². The third kappa shape index (κ3) is 1.05. The van der Waals surface area contributed by atoms with Crippen LogP contribution in [0.5, 0.6) is 0 Å². The van der Waals surface area contributed by atoms with Crippen molar-refractivity contribution < 1.29 is 4.79 Å². The van der Waals surface area contributed by atoms with E-state index in [1.165, 1.54) is 0 Å². The van der Waals surface area contributed by atoms with Crippen LogP contribution in [0.2, 0.25) is 0 Å². The van der Waals surface area contributed by atoms with Crippen molar-refractivity contribution in [1.82, 2.24) is 4.98 Å². The first-order chi connectivity index (χ1) is 4.25. The normalized spacial score (nSPS) is 9.56. The zero-order chi connectivity index (χ0) is 6.85. The molecule has 0 aliphatic carbocycles. The molecule has 9 heavy (non-hydrogen) atoms. The van der Waals surface area contributed by atoms with Crippen LogP contribution in [0.15, 0.2) is 10.7 Å². The fraction of sp³-hybridized carbons (Fsp3) is 0.167. The summed E-state index contributed by atoms with van der Waals surface area (Å²) in [6.07, 6.45) is 2.58. The van der Waals surface area contributed by atoms with Crippen LogP contribution in [0.1, 0.15) is 16.1 Å². The van der Waals surface area contributed by atoms with Crippen LogP contribution in [0, 0.1) is 6.92 Å². The fourth-order valence-electron chi connectivity index (χ4n) is 0.651. The maximum absolute atomic E-state index is 10.3. The third-order valence-corrected chi connectivity index (χ3v) is 1.85. The van der Waals surface area contributed by atoms with Crippen molar-refractivity contribution in [3.63, 3.8) is 0 Å². The van der Waals surface area contributed by atoms with E-state index in [2.05, 4.69) is 20.9 Å². The second-order valence-electron chi connectivity index (χ2n) is 1.79. The van der Waals surface area contributed by atoms with E-state index in [1.54, 1.807) is 6.20 Å². The molecule has 0 aromatic carbocycles. The Labute approximate surface area is 61.4 Å². The predicted molar refractivity (Wildman–Crippen MR) is 38.6 cm³/mol. The van der Waals surface area contributed by atoms with Crippen LogP contribution >= 0.6 is 15.9 Å². The molecule has 0 fully saturated rings. The number of aromatic nitrogens is 1. The number of H-pyrrole nitrogens is 1. The van der Waals surface area contributed by atoms with Crippen LogP contribution in [0.3, 0.4) is 0 Å². The molecule has 0 radical (unpaired) electrons. The Morgan fingerprint density at radius 3 is 2.67 bits per heavy atom. The summed E-state index contributed by atoms with van der Waals surface area (Å²) in [5, 5.41) is 0. The predicted octanol–water partition coefficient (Wildman–Crippen LogP) is 1.90. The molecule has 0 spiro atoms. The van der Waals surface area contributed by atoms with Crippen molar-refractivity contribution in [3.05, 3.63) is 21.9 Å². The number of hydrogen-bond donors (Lipinski definition) is 1. The summed E-state index contributed by atoms with van der Waals surface area (Å²) in [4.78, 5) is 13.2. The van der Waals surface area contributed by atoms with Gasteiger partial charge in [-0.05, 0) is 22.9 Å². The zero-order valence-electron chi connectivity index (χ0n) is 4.94. The molecular weight excluding hydrogens is 182 g/mol. The van der Waals surface area contributed by atoms with Gasteiger partial charge in [-0.3, -0.25) is 4.79 Å². The van der Waals surface area contributed by atoms with E-state index in [9.17, 15) is 4.79 Å². The summed E-state index contributed by atoms with van der Waals surface area (Å²) in [6, 6.07) is 0. The molecule has 0 atom stereocenters. The number of aryl methyl sites for hydroxylation is 1. The maximum Gasteiger partial charge on any atom is 0.152 e. The monoisotopic (exact) mass is 187 g/mol. The number of carbonyl (C=O) groups is 1. The van der Waals surface area contributed by atoms with Gasteiger partial charge >= 0.3 is 0 Å². The fourth-order valence-corrected chi connectivity index (χ4v) is 1.16. The van der Waals surface area contributed by atoms with Gasteiger partial charge in [0, 0.05) is 21.9 Å². The van der Waals surface area contributed by atoms with Gasteiger partial charge in [0.25, 0.3) is 0 Å². The van der Waals surface area contributed by atoms with Crippen molar-refractivity contribution in [2.45, 2.75) is 6.92 Å². The highest BCUT2D eigenvalue weighted by molar-refractivity contribution is 9.10. The summed E-state index contributed by atoms with van der Waals surface area (Å²) >= 11 is 3.21. The molecule has 0 saturated heterocycles. The molecule has 0 aliphatic rings. The maximum atomic E-state index is 10.3. The van der Waals surface area contributed by atoms with Crippen molar-refractivity contribution in [1.29, 1.82) is 0 Å². The van der Waals surface area contributed by atoms with Crippen molar-refractivity contribution in [2.75, 3.05) is 0 Å². The van der Waals surface area contributed by atoms with Gasteiger partial charge in [0.1, 0.15) is 0 Å². The Bertz CT molecular complexity index is 209. The van der Waals surface area contributed by atoms with Crippen LogP contribution in [-0.2, 0) is 0 Å². The van der Waals surface area contributed by atoms with E-state index in [4.69, 9.17) is 0 Å². The second-order valence-corrected chi connectivity index (χ2v) is 2.65. The van der Waals surface area contributed by atoms with Gasteiger partial charge in [-0.25, -0.2) is 0 Å². The van der Waals surface area contributed by atoms with E-state index in [0.717, 1.165) is 16.5 Å². The average molecular weight is 188 g/mol. The van der Waals surface area contributed by atoms with E-state index >= 15 is 0 Å². The second kappa shape index (κ2) is 2.35. The Balaban J connectivity index is 3.22. The summed E-state index contributed by atoms with van der Waals surface area (Å²) in [7, 11) is 0. The number of rotatable bonds is 1. The summed E-state index contributed by atoms with van der Waals surface area (Å²) < 4.78 is 0.829. The Morgan fingerprint density at radius 2 is 2.44 bits per heavy atom.